The molecule has 0 amide bonds. The second-order valence-electron chi connectivity index (χ2n) is 5.28. The van der Waals surface area contributed by atoms with E-state index < -0.39 is 0 Å². The highest BCUT2D eigenvalue weighted by Gasteiger charge is 2.14. The van der Waals surface area contributed by atoms with Crippen LogP contribution >= 0.6 is 39.0 Å². The first-order valence-electron chi connectivity index (χ1n) is 7.70. The molecule has 0 saturated heterocycles. The van der Waals surface area contributed by atoms with Gasteiger partial charge in [-0.1, -0.05) is 52.8 Å². The molecule has 0 saturated carbocycles. The molecule has 0 radical (unpaired) electrons. The second kappa shape index (κ2) is 8.14. The zero-order valence-electron chi connectivity index (χ0n) is 13.4. The molecule has 0 N–H and O–H groups in total. The number of nitrogens with zero attached hydrogens (tertiary/aromatic N) is 3. The number of hydrogen-bond donors (Lipinski definition) is 0. The van der Waals surface area contributed by atoms with E-state index in [4.69, 9.17) is 0 Å². The van der Waals surface area contributed by atoms with E-state index in [1.807, 2.05) is 6.08 Å². The summed E-state index contributed by atoms with van der Waals surface area (Å²) in [5, 5.41) is 11.9. The second-order valence-corrected chi connectivity index (χ2v) is 8.13. The highest BCUT2D eigenvalue weighted by atomic mass is 79.9. The van der Waals surface area contributed by atoms with Crippen molar-refractivity contribution in [1.82, 2.24) is 14.8 Å². The first-order chi connectivity index (χ1) is 11.7. The highest BCUT2D eigenvalue weighted by molar-refractivity contribution is 9.10. The predicted octanol–water partition coefficient (Wildman–Crippen LogP) is 5.81. The summed E-state index contributed by atoms with van der Waals surface area (Å²) in [7, 11) is 0. The van der Waals surface area contributed by atoms with Crippen LogP contribution in [0.15, 0.2) is 58.0 Å². The topological polar surface area (TPSA) is 30.7 Å². The largest absolute Gasteiger partial charge is 0.298 e. The van der Waals surface area contributed by atoms with Crippen molar-refractivity contribution in [2.45, 2.75) is 30.8 Å². The predicted molar refractivity (Wildman–Crippen MR) is 107 cm³/mol. The molecule has 3 aromatic rings. The Hall–Kier alpha value is -1.37. The minimum Gasteiger partial charge on any atom is -0.298 e. The Bertz CT molecular complexity index is 821. The van der Waals surface area contributed by atoms with Gasteiger partial charge in [0.25, 0.3) is 0 Å². The number of hydrogen-bond acceptors (Lipinski definition) is 4. The van der Waals surface area contributed by atoms with Crippen molar-refractivity contribution in [3.63, 3.8) is 0 Å². The first-order valence-corrected chi connectivity index (χ1v) is 10.4. The van der Waals surface area contributed by atoms with Gasteiger partial charge in [-0.3, -0.25) is 4.57 Å². The van der Waals surface area contributed by atoms with Crippen LogP contribution in [0.5, 0.6) is 0 Å². The zero-order valence-corrected chi connectivity index (χ0v) is 16.6. The van der Waals surface area contributed by atoms with E-state index in [1.54, 1.807) is 23.1 Å². The maximum Gasteiger partial charge on any atom is 0.192 e. The molecule has 3 rings (SSSR count). The van der Waals surface area contributed by atoms with Crippen LogP contribution in [0, 0.1) is 0 Å². The van der Waals surface area contributed by atoms with Crippen LogP contribution in [0.2, 0.25) is 0 Å². The first kappa shape index (κ1) is 17.5. The standard InChI is InChI=1S/C18H18BrN3S2/c1-3-9-22-17(14-10-16(4-2)23-12-14)20-21-18(22)24-11-13-5-7-15(19)8-6-13/h3,5-8,10,12H,1,4,9,11H2,2H3. The van der Waals surface area contributed by atoms with E-state index in [1.165, 1.54) is 10.4 Å². The summed E-state index contributed by atoms with van der Waals surface area (Å²) < 4.78 is 3.23. The van der Waals surface area contributed by atoms with E-state index in [0.717, 1.165) is 33.2 Å². The van der Waals surface area contributed by atoms with Crippen molar-refractivity contribution in [1.29, 1.82) is 0 Å². The lowest BCUT2D eigenvalue weighted by Crippen LogP contribution is -2.00. The summed E-state index contributed by atoms with van der Waals surface area (Å²) in [5.41, 5.74) is 2.41. The van der Waals surface area contributed by atoms with E-state index in [2.05, 4.69) is 79.9 Å². The van der Waals surface area contributed by atoms with E-state index in [0.29, 0.717) is 6.54 Å². The Labute approximate surface area is 159 Å². The minimum absolute atomic E-state index is 0.711. The van der Waals surface area contributed by atoms with Crippen molar-refractivity contribution in [3.05, 3.63) is 63.3 Å². The van der Waals surface area contributed by atoms with Crippen LogP contribution in [-0.4, -0.2) is 14.8 Å². The third-order valence-corrected chi connectivity index (χ3v) is 6.22. The fraction of sp³-hybridized carbons (Fsp3) is 0.222. The summed E-state index contributed by atoms with van der Waals surface area (Å²) >= 11 is 6.94. The van der Waals surface area contributed by atoms with Gasteiger partial charge in [-0.25, -0.2) is 0 Å². The van der Waals surface area contributed by atoms with Crippen molar-refractivity contribution in [3.8, 4) is 11.4 Å². The quantitative estimate of drug-likeness (QED) is 0.357. The molecule has 0 bridgehead atoms. The van der Waals surface area contributed by atoms with Crippen molar-refractivity contribution >= 4 is 39.0 Å². The molecule has 1 aromatic carbocycles. The van der Waals surface area contributed by atoms with Gasteiger partial charge in [0, 0.05) is 32.6 Å². The van der Waals surface area contributed by atoms with Gasteiger partial charge in [0.15, 0.2) is 11.0 Å². The molecule has 2 aromatic heterocycles. The number of benzene rings is 1. The molecule has 6 heteroatoms. The highest BCUT2D eigenvalue weighted by Crippen LogP contribution is 2.29. The molecule has 0 atom stereocenters. The monoisotopic (exact) mass is 419 g/mol. The molecule has 3 nitrogen and oxygen atoms in total. The Morgan fingerprint density at radius 3 is 2.75 bits per heavy atom. The fourth-order valence-corrected chi connectivity index (χ4v) is 4.30. The number of aryl methyl sites for hydroxylation is 1. The van der Waals surface area contributed by atoms with Crippen molar-refractivity contribution in [2.24, 2.45) is 0 Å². The summed E-state index contributed by atoms with van der Waals surface area (Å²) in [6, 6.07) is 10.6. The average Bonchev–Trinajstić information content (AvgIpc) is 3.21. The molecule has 2 heterocycles. The number of thioether (sulfide) groups is 1. The lowest BCUT2D eigenvalue weighted by molar-refractivity contribution is 0.731. The van der Waals surface area contributed by atoms with Crippen LogP contribution in [0.25, 0.3) is 11.4 Å². The summed E-state index contributed by atoms with van der Waals surface area (Å²) in [6.07, 6.45) is 2.94. The van der Waals surface area contributed by atoms with E-state index in [9.17, 15) is 0 Å². The van der Waals surface area contributed by atoms with E-state index in [-0.39, 0.29) is 0 Å². The number of thiophene rings is 1. The summed E-state index contributed by atoms with van der Waals surface area (Å²) in [6.45, 7) is 6.75. The van der Waals surface area contributed by atoms with Gasteiger partial charge in [0.05, 0.1) is 0 Å². The number of rotatable bonds is 7. The summed E-state index contributed by atoms with van der Waals surface area (Å²) in [4.78, 5) is 1.36. The number of aromatic nitrogens is 3. The molecule has 0 aliphatic heterocycles. The smallest absolute Gasteiger partial charge is 0.192 e. The Kier molecular flexibility index (Phi) is 5.92. The Morgan fingerprint density at radius 2 is 2.08 bits per heavy atom. The lowest BCUT2D eigenvalue weighted by Gasteiger charge is -2.07. The molecule has 0 aliphatic carbocycles. The normalized spacial score (nSPS) is 10.9. The SMILES string of the molecule is C=CCn1c(SCc2ccc(Br)cc2)nnc1-c1csc(CC)c1. The zero-order chi connectivity index (χ0) is 16.9. The van der Waals surface area contributed by atoms with Gasteiger partial charge in [0.2, 0.25) is 0 Å². The van der Waals surface area contributed by atoms with E-state index >= 15 is 0 Å². The third-order valence-electron chi connectivity index (χ3n) is 3.57. The van der Waals surface area contributed by atoms with Gasteiger partial charge < -0.3 is 0 Å². The fourth-order valence-electron chi connectivity index (χ4n) is 2.31. The number of halogens is 1. The van der Waals surface area contributed by atoms with Gasteiger partial charge >= 0.3 is 0 Å². The van der Waals surface area contributed by atoms with Crippen LogP contribution in [0.3, 0.4) is 0 Å². The molecule has 124 valence electrons. The maximum atomic E-state index is 4.42. The number of allylic oxidation sites excluding steroid dienone is 1. The summed E-state index contributed by atoms with van der Waals surface area (Å²) in [5.74, 6) is 1.79. The molecule has 0 fully saturated rings. The van der Waals surface area contributed by atoms with Crippen LogP contribution in [0.4, 0.5) is 0 Å². The Balaban J connectivity index is 1.82. The van der Waals surface area contributed by atoms with Crippen molar-refractivity contribution < 1.29 is 0 Å². The molecule has 24 heavy (non-hydrogen) atoms. The van der Waals surface area contributed by atoms with Crippen molar-refractivity contribution in [2.75, 3.05) is 0 Å². The van der Waals surface area contributed by atoms with Crippen LogP contribution in [-0.2, 0) is 18.7 Å². The average molecular weight is 420 g/mol. The minimum atomic E-state index is 0.711. The lowest BCUT2D eigenvalue weighted by atomic mass is 10.2. The Morgan fingerprint density at radius 1 is 1.29 bits per heavy atom. The molecule has 0 aliphatic rings. The molecular formula is C18H18BrN3S2. The molecule has 0 spiro atoms. The molecule has 0 unspecified atom stereocenters. The van der Waals surface area contributed by atoms with Gasteiger partial charge in [-0.2, -0.15) is 0 Å². The van der Waals surface area contributed by atoms with Gasteiger partial charge in [0.1, 0.15) is 0 Å². The van der Waals surface area contributed by atoms with Crippen LogP contribution < -0.4 is 0 Å². The third kappa shape index (κ3) is 3.99. The van der Waals surface area contributed by atoms with Crippen LogP contribution in [0.1, 0.15) is 17.4 Å². The van der Waals surface area contributed by atoms with Gasteiger partial charge in [-0.05, 0) is 30.2 Å². The molecular weight excluding hydrogens is 402 g/mol. The maximum absolute atomic E-state index is 4.42. The van der Waals surface area contributed by atoms with Gasteiger partial charge in [-0.15, -0.1) is 28.1 Å².